The highest BCUT2D eigenvalue weighted by Gasteiger charge is 2.30. The van der Waals surface area contributed by atoms with Gasteiger partial charge in [0.25, 0.3) is 0 Å². The molecule has 1 aliphatic carbocycles. The summed E-state index contributed by atoms with van der Waals surface area (Å²) in [5.74, 6) is 0.880. The lowest BCUT2D eigenvalue weighted by molar-refractivity contribution is -0.115. The van der Waals surface area contributed by atoms with Crippen LogP contribution in [-0.2, 0) is 24.7 Å². The number of hydrogen-bond donors (Lipinski definition) is 2. The summed E-state index contributed by atoms with van der Waals surface area (Å²) >= 11 is 3.18. The van der Waals surface area contributed by atoms with Crippen molar-refractivity contribution in [2.75, 3.05) is 5.32 Å². The topological polar surface area (TPSA) is 103 Å². The molecule has 1 aliphatic rings. The van der Waals surface area contributed by atoms with Gasteiger partial charge in [-0.3, -0.25) is 9.59 Å². The Balaban J connectivity index is 1.43. The Morgan fingerprint density at radius 2 is 1.94 bits per heavy atom. The molecule has 2 amide bonds. The second-order valence-corrected chi connectivity index (χ2v) is 12.4. The summed E-state index contributed by atoms with van der Waals surface area (Å²) < 4.78 is 1.97. The molecule has 2 heterocycles. The lowest BCUT2D eigenvalue weighted by atomic mass is 9.72. The highest BCUT2D eigenvalue weighted by atomic mass is 32.2. The van der Waals surface area contributed by atoms with Crippen LogP contribution in [0.5, 0.6) is 0 Å². The Morgan fingerprint density at radius 3 is 2.59 bits per heavy atom. The summed E-state index contributed by atoms with van der Waals surface area (Å²) in [6.45, 7) is 8.82. The number of carbonyl (C=O) groups is 2. The summed E-state index contributed by atoms with van der Waals surface area (Å²) in [5.41, 5.74) is 8.03. The molecular formula is C25H31N5O2S2. The first kappa shape index (κ1) is 24.5. The van der Waals surface area contributed by atoms with Gasteiger partial charge in [0.05, 0.1) is 10.1 Å². The van der Waals surface area contributed by atoms with Crippen molar-refractivity contribution in [1.82, 2.24) is 14.8 Å². The molecule has 0 spiro atoms. The first-order valence-electron chi connectivity index (χ1n) is 11.4. The number of fused-ring (bicyclic) bond motifs is 1. The highest BCUT2D eigenvalue weighted by molar-refractivity contribution is 8.00. The van der Waals surface area contributed by atoms with Crippen molar-refractivity contribution in [1.29, 1.82) is 0 Å². The molecule has 3 aromatic rings. The molecule has 4 rings (SSSR count). The van der Waals surface area contributed by atoms with Crippen LogP contribution in [0.3, 0.4) is 0 Å². The number of aryl methyl sites for hydroxylation is 1. The van der Waals surface area contributed by atoms with Gasteiger partial charge in [0.15, 0.2) is 11.0 Å². The largest absolute Gasteiger partial charge is 0.366 e. The fourth-order valence-electron chi connectivity index (χ4n) is 4.18. The van der Waals surface area contributed by atoms with E-state index in [9.17, 15) is 9.59 Å². The highest BCUT2D eigenvalue weighted by Crippen LogP contribution is 2.42. The zero-order chi connectivity index (χ0) is 24.6. The van der Waals surface area contributed by atoms with Gasteiger partial charge in [0.2, 0.25) is 11.8 Å². The SMILES string of the molecule is CC(Sc1nnc(-c2cc3c(s2)CCC(C(C)(C)C)C3)n1C)C(=O)Nc1ccc(C(N)=O)cc1. The van der Waals surface area contributed by atoms with E-state index >= 15 is 0 Å². The lowest BCUT2D eigenvalue weighted by Gasteiger charge is -2.33. The van der Waals surface area contributed by atoms with E-state index in [4.69, 9.17) is 5.73 Å². The quantitative estimate of drug-likeness (QED) is 0.471. The van der Waals surface area contributed by atoms with Crippen LogP contribution in [0.1, 0.15) is 54.9 Å². The van der Waals surface area contributed by atoms with Crippen LogP contribution in [-0.4, -0.2) is 31.8 Å². The number of amides is 2. The van der Waals surface area contributed by atoms with Gasteiger partial charge < -0.3 is 15.6 Å². The third-order valence-electron chi connectivity index (χ3n) is 6.45. The van der Waals surface area contributed by atoms with Crippen molar-refractivity contribution in [2.24, 2.45) is 24.1 Å². The van der Waals surface area contributed by atoms with Crippen molar-refractivity contribution in [2.45, 2.75) is 57.4 Å². The Morgan fingerprint density at radius 1 is 1.24 bits per heavy atom. The number of nitrogens with one attached hydrogen (secondary N) is 1. The average molecular weight is 498 g/mol. The van der Waals surface area contributed by atoms with E-state index < -0.39 is 5.91 Å². The lowest BCUT2D eigenvalue weighted by Crippen LogP contribution is -2.26. The number of thiophene rings is 1. The average Bonchev–Trinajstić information content (AvgIpc) is 3.36. The minimum Gasteiger partial charge on any atom is -0.366 e. The second kappa shape index (κ2) is 9.54. The van der Waals surface area contributed by atoms with Gasteiger partial charge in [-0.2, -0.15) is 0 Å². The molecule has 7 nitrogen and oxygen atoms in total. The van der Waals surface area contributed by atoms with E-state index in [0.29, 0.717) is 27.7 Å². The third-order valence-corrected chi connectivity index (χ3v) is 8.82. The Hall–Kier alpha value is -2.65. The molecular weight excluding hydrogens is 466 g/mol. The molecule has 0 aliphatic heterocycles. The number of carbonyl (C=O) groups excluding carboxylic acids is 2. The summed E-state index contributed by atoms with van der Waals surface area (Å²) in [6.07, 6.45) is 3.47. The zero-order valence-electron chi connectivity index (χ0n) is 20.2. The van der Waals surface area contributed by atoms with Gasteiger partial charge in [-0.15, -0.1) is 21.5 Å². The summed E-state index contributed by atoms with van der Waals surface area (Å²) in [7, 11) is 1.95. The molecule has 0 fully saturated rings. The van der Waals surface area contributed by atoms with E-state index in [-0.39, 0.29) is 11.2 Å². The maximum atomic E-state index is 12.7. The predicted octanol–water partition coefficient (Wildman–Crippen LogP) is 4.91. The smallest absolute Gasteiger partial charge is 0.248 e. The third kappa shape index (κ3) is 5.20. The fourth-order valence-corrected chi connectivity index (χ4v) is 6.22. The summed E-state index contributed by atoms with van der Waals surface area (Å²) in [6, 6.07) is 8.80. The van der Waals surface area contributed by atoms with Crippen LogP contribution in [0.4, 0.5) is 5.69 Å². The predicted molar refractivity (Wildman–Crippen MR) is 138 cm³/mol. The number of rotatable bonds is 6. The molecule has 34 heavy (non-hydrogen) atoms. The minimum atomic E-state index is -0.500. The maximum Gasteiger partial charge on any atom is 0.248 e. The molecule has 0 bridgehead atoms. The molecule has 0 radical (unpaired) electrons. The van der Waals surface area contributed by atoms with Gasteiger partial charge in [-0.05, 0) is 73.4 Å². The minimum absolute atomic E-state index is 0.152. The standard InChI is InChI=1S/C25H31N5O2S2/c1-14(23(32)27-18-9-6-15(7-10-18)21(26)31)33-24-29-28-22(30(24)5)20-13-16-12-17(25(2,3)4)8-11-19(16)34-20/h6-7,9-10,13-14,17H,8,11-12H2,1-5H3,(H2,26,31)(H,27,32). The molecule has 2 unspecified atom stereocenters. The van der Waals surface area contributed by atoms with E-state index in [1.165, 1.54) is 28.6 Å². The normalized spacial score (nSPS) is 16.7. The van der Waals surface area contributed by atoms with E-state index in [0.717, 1.165) is 23.5 Å². The van der Waals surface area contributed by atoms with E-state index in [1.807, 2.05) is 29.9 Å². The maximum absolute atomic E-state index is 12.7. The van der Waals surface area contributed by atoms with Crippen LogP contribution in [0.2, 0.25) is 0 Å². The number of hydrogen-bond acceptors (Lipinski definition) is 6. The molecule has 1 aromatic carbocycles. The Kier molecular flexibility index (Phi) is 6.87. The van der Waals surface area contributed by atoms with Crippen LogP contribution >= 0.6 is 23.1 Å². The second-order valence-electron chi connectivity index (χ2n) is 9.92. The van der Waals surface area contributed by atoms with Crippen molar-refractivity contribution in [3.05, 3.63) is 46.3 Å². The number of thioether (sulfide) groups is 1. The van der Waals surface area contributed by atoms with Crippen molar-refractivity contribution >= 4 is 40.6 Å². The molecule has 9 heteroatoms. The summed E-state index contributed by atoms with van der Waals surface area (Å²) in [4.78, 5) is 26.5. The molecule has 0 saturated heterocycles. The van der Waals surface area contributed by atoms with Crippen LogP contribution in [0.25, 0.3) is 10.7 Å². The van der Waals surface area contributed by atoms with Crippen molar-refractivity contribution in [3.8, 4) is 10.7 Å². The number of benzene rings is 1. The zero-order valence-corrected chi connectivity index (χ0v) is 21.8. The van der Waals surface area contributed by atoms with Gasteiger partial charge in [0.1, 0.15) is 0 Å². The number of aromatic nitrogens is 3. The van der Waals surface area contributed by atoms with E-state index in [1.54, 1.807) is 24.3 Å². The van der Waals surface area contributed by atoms with Crippen molar-refractivity contribution < 1.29 is 9.59 Å². The summed E-state index contributed by atoms with van der Waals surface area (Å²) in [5, 5.41) is 12.0. The number of primary amides is 1. The Bertz CT molecular complexity index is 1210. The van der Waals surface area contributed by atoms with Gasteiger partial charge >= 0.3 is 0 Å². The molecule has 2 aromatic heterocycles. The van der Waals surface area contributed by atoms with Crippen LogP contribution in [0.15, 0.2) is 35.5 Å². The first-order chi connectivity index (χ1) is 16.0. The first-order valence-corrected chi connectivity index (χ1v) is 13.1. The van der Waals surface area contributed by atoms with Crippen LogP contribution in [0, 0.1) is 11.3 Å². The van der Waals surface area contributed by atoms with E-state index in [2.05, 4.69) is 42.4 Å². The fraction of sp³-hybridized carbons (Fsp3) is 0.440. The van der Waals surface area contributed by atoms with Gasteiger partial charge in [-0.25, -0.2) is 0 Å². The monoisotopic (exact) mass is 497 g/mol. The number of anilines is 1. The van der Waals surface area contributed by atoms with Crippen molar-refractivity contribution in [3.63, 3.8) is 0 Å². The van der Waals surface area contributed by atoms with Gasteiger partial charge in [0, 0.05) is 23.2 Å². The number of nitrogens with zero attached hydrogens (tertiary/aromatic N) is 3. The Labute approximate surface area is 208 Å². The molecule has 3 N–H and O–H groups in total. The number of nitrogens with two attached hydrogens (primary N) is 1. The molecule has 180 valence electrons. The molecule has 2 atom stereocenters. The van der Waals surface area contributed by atoms with Gasteiger partial charge in [-0.1, -0.05) is 32.5 Å². The molecule has 0 saturated carbocycles. The van der Waals surface area contributed by atoms with Crippen LogP contribution < -0.4 is 11.1 Å².